The van der Waals surface area contributed by atoms with Crippen molar-refractivity contribution in [2.24, 2.45) is 0 Å². The summed E-state index contributed by atoms with van der Waals surface area (Å²) in [5, 5.41) is 4.53. The van der Waals surface area contributed by atoms with Crippen LogP contribution in [0.25, 0.3) is 5.69 Å². The molecule has 0 saturated carbocycles. The number of aryl methyl sites for hydroxylation is 2. The van der Waals surface area contributed by atoms with Gasteiger partial charge in [0.1, 0.15) is 0 Å². The molecule has 0 N–H and O–H groups in total. The first-order valence-corrected chi connectivity index (χ1v) is 8.79. The van der Waals surface area contributed by atoms with Gasteiger partial charge >= 0.3 is 0 Å². The number of hydrogen-bond donors (Lipinski definition) is 0. The molecule has 3 rings (SSSR count). The van der Waals surface area contributed by atoms with Crippen molar-refractivity contribution in [1.29, 1.82) is 0 Å². The molecule has 0 spiro atoms. The molecule has 0 aliphatic heterocycles. The predicted molar refractivity (Wildman–Crippen MR) is 103 cm³/mol. The van der Waals surface area contributed by atoms with Gasteiger partial charge in [-0.25, -0.2) is 4.68 Å². The molecule has 0 aliphatic rings. The number of aromatic nitrogens is 3. The summed E-state index contributed by atoms with van der Waals surface area (Å²) in [4.78, 5) is 6.73. The first-order chi connectivity index (χ1) is 12.6. The second-order valence-electron chi connectivity index (χ2n) is 6.70. The Balaban J connectivity index is 1.75. The van der Waals surface area contributed by atoms with Crippen LogP contribution in [0.4, 0.5) is 0 Å². The highest BCUT2D eigenvalue weighted by molar-refractivity contribution is 5.39. The summed E-state index contributed by atoms with van der Waals surface area (Å²) in [6.07, 6.45) is 5.83. The Morgan fingerprint density at radius 2 is 2.00 bits per heavy atom. The highest BCUT2D eigenvalue weighted by Gasteiger charge is 2.19. The molecule has 5 nitrogen and oxygen atoms in total. The van der Waals surface area contributed by atoms with Gasteiger partial charge in [-0.3, -0.25) is 9.88 Å². The van der Waals surface area contributed by atoms with Gasteiger partial charge in [-0.2, -0.15) is 5.10 Å². The number of pyridine rings is 1. The molecule has 136 valence electrons. The smallest absolute Gasteiger partial charge is 0.0757 e. The van der Waals surface area contributed by atoms with Crippen LogP contribution in [0.2, 0.25) is 0 Å². The van der Waals surface area contributed by atoms with Crippen LogP contribution < -0.4 is 0 Å². The van der Waals surface area contributed by atoms with Crippen molar-refractivity contribution in [2.75, 3.05) is 20.8 Å². The van der Waals surface area contributed by atoms with E-state index in [1.54, 1.807) is 7.11 Å². The Labute approximate surface area is 155 Å². The second-order valence-corrected chi connectivity index (χ2v) is 6.70. The number of likely N-dealkylation sites (N-methyl/N-ethyl adjacent to an activating group) is 1. The first kappa shape index (κ1) is 18.3. The third kappa shape index (κ3) is 4.18. The molecule has 0 amide bonds. The lowest BCUT2D eigenvalue weighted by Gasteiger charge is -2.26. The summed E-state index contributed by atoms with van der Waals surface area (Å²) in [7, 11) is 3.81. The molecule has 2 heterocycles. The van der Waals surface area contributed by atoms with E-state index in [9.17, 15) is 0 Å². The van der Waals surface area contributed by atoms with Crippen molar-refractivity contribution in [3.63, 3.8) is 0 Å². The van der Waals surface area contributed by atoms with Gasteiger partial charge in [0.25, 0.3) is 0 Å². The van der Waals surface area contributed by atoms with Gasteiger partial charge in [-0.1, -0.05) is 12.1 Å². The minimum atomic E-state index is 0.103. The molecular formula is C21H26N4O. The molecule has 0 aliphatic carbocycles. The maximum Gasteiger partial charge on any atom is 0.0757 e. The lowest BCUT2D eigenvalue weighted by molar-refractivity contribution is 0.1000. The van der Waals surface area contributed by atoms with E-state index < -0.39 is 0 Å². The minimum absolute atomic E-state index is 0.103. The van der Waals surface area contributed by atoms with E-state index in [1.807, 2.05) is 35.3 Å². The largest absolute Gasteiger partial charge is 0.383 e. The average molecular weight is 350 g/mol. The molecule has 3 aromatic rings. The zero-order chi connectivity index (χ0) is 18.5. The van der Waals surface area contributed by atoms with E-state index in [1.165, 1.54) is 11.1 Å². The van der Waals surface area contributed by atoms with Gasteiger partial charge in [0.2, 0.25) is 0 Å². The molecule has 1 aromatic carbocycles. The lowest BCUT2D eigenvalue weighted by Crippen LogP contribution is -2.28. The van der Waals surface area contributed by atoms with Crippen molar-refractivity contribution in [1.82, 2.24) is 19.7 Å². The number of benzene rings is 1. The van der Waals surface area contributed by atoms with Crippen molar-refractivity contribution >= 4 is 0 Å². The zero-order valence-corrected chi connectivity index (χ0v) is 15.9. The Morgan fingerprint density at radius 1 is 1.15 bits per heavy atom. The maximum atomic E-state index is 5.41. The third-order valence-corrected chi connectivity index (χ3v) is 4.71. The number of hydrogen-bond acceptors (Lipinski definition) is 4. The average Bonchev–Trinajstić information content (AvgIpc) is 3.11. The molecule has 0 bridgehead atoms. The van der Waals surface area contributed by atoms with Gasteiger partial charge in [-0.05, 0) is 56.3 Å². The van der Waals surface area contributed by atoms with Gasteiger partial charge in [-0.15, -0.1) is 0 Å². The van der Waals surface area contributed by atoms with E-state index in [0.717, 1.165) is 23.5 Å². The van der Waals surface area contributed by atoms with Crippen molar-refractivity contribution < 1.29 is 4.74 Å². The topological polar surface area (TPSA) is 43.2 Å². The molecule has 0 fully saturated rings. The van der Waals surface area contributed by atoms with Crippen LogP contribution in [-0.2, 0) is 11.3 Å². The Kier molecular flexibility index (Phi) is 5.81. The van der Waals surface area contributed by atoms with Gasteiger partial charge in [0, 0.05) is 31.6 Å². The minimum Gasteiger partial charge on any atom is -0.383 e. The van der Waals surface area contributed by atoms with Crippen LogP contribution in [0.5, 0.6) is 0 Å². The van der Waals surface area contributed by atoms with E-state index in [-0.39, 0.29) is 6.04 Å². The van der Waals surface area contributed by atoms with Gasteiger partial charge in [0.05, 0.1) is 30.2 Å². The zero-order valence-electron chi connectivity index (χ0n) is 15.9. The molecule has 5 heteroatoms. The molecule has 0 saturated heterocycles. The predicted octanol–water partition coefficient (Wildman–Crippen LogP) is 3.70. The van der Waals surface area contributed by atoms with Crippen LogP contribution in [0.15, 0.2) is 55.0 Å². The van der Waals surface area contributed by atoms with Crippen molar-refractivity contribution in [2.45, 2.75) is 26.4 Å². The molecule has 1 atom stereocenters. The molecular weight excluding hydrogens is 324 g/mol. The van der Waals surface area contributed by atoms with E-state index in [4.69, 9.17) is 4.74 Å². The van der Waals surface area contributed by atoms with Crippen LogP contribution in [-0.4, -0.2) is 40.4 Å². The Bertz CT molecular complexity index is 844. The maximum absolute atomic E-state index is 5.41. The van der Waals surface area contributed by atoms with Crippen molar-refractivity contribution in [3.05, 3.63) is 77.4 Å². The summed E-state index contributed by atoms with van der Waals surface area (Å²) in [5.74, 6) is 0. The summed E-state index contributed by atoms with van der Waals surface area (Å²) in [5.41, 5.74) is 5.81. The summed E-state index contributed by atoms with van der Waals surface area (Å²) >= 11 is 0. The quantitative estimate of drug-likeness (QED) is 0.652. The van der Waals surface area contributed by atoms with Crippen molar-refractivity contribution in [3.8, 4) is 5.69 Å². The SMILES string of the molecule is COC[C@H](c1ccccn1)N(C)Cc1cnn(-c2ccc(C)c(C)c2)c1. The molecule has 0 unspecified atom stereocenters. The van der Waals surface area contributed by atoms with Crippen LogP contribution >= 0.6 is 0 Å². The summed E-state index contributed by atoms with van der Waals surface area (Å²) < 4.78 is 7.35. The summed E-state index contributed by atoms with van der Waals surface area (Å²) in [6.45, 7) is 5.61. The Morgan fingerprint density at radius 3 is 2.69 bits per heavy atom. The number of ether oxygens (including phenoxy) is 1. The fourth-order valence-electron chi connectivity index (χ4n) is 3.02. The number of methoxy groups -OCH3 is 1. The van der Waals surface area contributed by atoms with E-state index in [0.29, 0.717) is 6.61 Å². The molecule has 26 heavy (non-hydrogen) atoms. The number of rotatable bonds is 7. The highest BCUT2D eigenvalue weighted by atomic mass is 16.5. The van der Waals surface area contributed by atoms with Crippen LogP contribution in [0.1, 0.15) is 28.4 Å². The van der Waals surface area contributed by atoms with Gasteiger partial charge < -0.3 is 4.74 Å². The van der Waals surface area contributed by atoms with E-state index in [2.05, 4.69) is 60.3 Å². The lowest BCUT2D eigenvalue weighted by atomic mass is 10.1. The Hall–Kier alpha value is -2.50. The summed E-state index contributed by atoms with van der Waals surface area (Å²) in [6, 6.07) is 12.5. The third-order valence-electron chi connectivity index (χ3n) is 4.71. The fraction of sp³-hybridized carbons (Fsp3) is 0.333. The fourth-order valence-corrected chi connectivity index (χ4v) is 3.02. The number of nitrogens with zero attached hydrogens (tertiary/aromatic N) is 4. The van der Waals surface area contributed by atoms with Crippen LogP contribution in [0.3, 0.4) is 0 Å². The monoisotopic (exact) mass is 350 g/mol. The normalized spacial score (nSPS) is 12.5. The highest BCUT2D eigenvalue weighted by Crippen LogP contribution is 2.20. The second kappa shape index (κ2) is 8.25. The molecule has 0 radical (unpaired) electrons. The molecule has 2 aromatic heterocycles. The van der Waals surface area contributed by atoms with Gasteiger partial charge in [0.15, 0.2) is 0 Å². The van der Waals surface area contributed by atoms with Crippen LogP contribution in [0, 0.1) is 13.8 Å². The van der Waals surface area contributed by atoms with E-state index >= 15 is 0 Å². The first-order valence-electron chi connectivity index (χ1n) is 8.79. The standard InChI is InChI=1S/C21H26N4O/c1-16-8-9-19(11-17(16)2)25-14-18(12-23-25)13-24(3)21(15-26-4)20-7-5-6-10-22-20/h5-12,14,21H,13,15H2,1-4H3/t21-/m1/s1.